The fourth-order valence-electron chi connectivity index (χ4n) is 2.92. The van der Waals surface area contributed by atoms with Crippen LogP contribution in [-0.2, 0) is 6.42 Å². The number of methoxy groups -OCH3 is 1. The van der Waals surface area contributed by atoms with Crippen molar-refractivity contribution in [2.75, 3.05) is 13.7 Å². The normalized spacial score (nSPS) is 18.4. The Morgan fingerprint density at radius 3 is 2.97 bits per heavy atom. The molecule has 0 fully saturated rings. The van der Waals surface area contributed by atoms with E-state index in [4.69, 9.17) is 16.3 Å². The molecule has 4 rings (SSSR count). The van der Waals surface area contributed by atoms with Gasteiger partial charge in [-0.25, -0.2) is 9.98 Å². The van der Waals surface area contributed by atoms with Gasteiger partial charge in [-0.15, -0.1) is 11.3 Å². The third kappa shape index (κ3) is 4.50. The van der Waals surface area contributed by atoms with Crippen LogP contribution in [0.5, 0.6) is 11.5 Å². The van der Waals surface area contributed by atoms with Gasteiger partial charge in [0.2, 0.25) is 0 Å². The molecule has 0 amide bonds. The fourth-order valence-corrected chi connectivity index (χ4v) is 3.82. The summed E-state index contributed by atoms with van der Waals surface area (Å²) in [6.07, 6.45) is 4.36. The SMILES string of the molecule is COc1ccc(CCN=C2N=C(C#Cc3ccc(Cl)s3)NC3=NC=CC23)cc1O. The predicted molar refractivity (Wildman–Crippen MR) is 118 cm³/mol. The molecule has 0 aliphatic carbocycles. The van der Waals surface area contributed by atoms with Gasteiger partial charge >= 0.3 is 0 Å². The quantitative estimate of drug-likeness (QED) is 0.735. The van der Waals surface area contributed by atoms with E-state index in [1.165, 1.54) is 18.4 Å². The van der Waals surface area contributed by atoms with E-state index in [1.54, 1.807) is 18.3 Å². The maximum atomic E-state index is 9.91. The number of fused-ring (bicyclic) bond motifs is 1. The van der Waals surface area contributed by atoms with E-state index in [1.807, 2.05) is 24.3 Å². The molecule has 8 heteroatoms. The Morgan fingerprint density at radius 2 is 2.21 bits per heavy atom. The molecular formula is C21H17ClN4O2S. The highest BCUT2D eigenvalue weighted by molar-refractivity contribution is 7.16. The predicted octanol–water partition coefficient (Wildman–Crippen LogP) is 3.65. The number of rotatable bonds is 4. The van der Waals surface area contributed by atoms with Gasteiger partial charge in [0, 0.05) is 12.7 Å². The lowest BCUT2D eigenvalue weighted by Crippen LogP contribution is -2.41. The summed E-state index contributed by atoms with van der Waals surface area (Å²) >= 11 is 7.37. The van der Waals surface area contributed by atoms with Crippen LogP contribution in [0.4, 0.5) is 0 Å². The van der Waals surface area contributed by atoms with Crippen LogP contribution in [0, 0.1) is 17.8 Å². The van der Waals surface area contributed by atoms with Gasteiger partial charge in [0.25, 0.3) is 0 Å². The molecule has 0 saturated carbocycles. The molecule has 2 aliphatic rings. The topological polar surface area (TPSA) is 78.6 Å². The second-order valence-electron chi connectivity index (χ2n) is 6.27. The van der Waals surface area contributed by atoms with E-state index >= 15 is 0 Å². The summed E-state index contributed by atoms with van der Waals surface area (Å²) in [5.41, 5.74) is 0.969. The molecule has 2 N–H and O–H groups in total. The van der Waals surface area contributed by atoms with Crippen LogP contribution < -0.4 is 10.1 Å². The summed E-state index contributed by atoms with van der Waals surface area (Å²) in [7, 11) is 1.53. The number of thiophene rings is 1. The van der Waals surface area contributed by atoms with Gasteiger partial charge < -0.3 is 15.2 Å². The number of halogens is 1. The first-order valence-electron chi connectivity index (χ1n) is 8.90. The zero-order valence-corrected chi connectivity index (χ0v) is 17.1. The average Bonchev–Trinajstić information content (AvgIpc) is 3.35. The highest BCUT2D eigenvalue weighted by atomic mass is 35.5. The first-order chi connectivity index (χ1) is 14.1. The van der Waals surface area contributed by atoms with Crippen LogP contribution >= 0.6 is 22.9 Å². The number of hydrogen-bond acceptors (Lipinski definition) is 6. The largest absolute Gasteiger partial charge is 0.504 e. The standard InChI is InChI=1S/C21H17ClN4O2S/c1-28-17-5-2-13(12-16(17)27)8-10-23-20-15-9-11-24-21(15)26-19(25-20)7-4-14-3-6-18(22)29-14/h2-3,5-6,9,11-12,15,27H,8,10H2,1H3,(H,23,24,25,26). The first-order valence-corrected chi connectivity index (χ1v) is 10.1. The minimum absolute atomic E-state index is 0.0824. The van der Waals surface area contributed by atoms with E-state index in [0.717, 1.165) is 16.3 Å². The van der Waals surface area contributed by atoms with Crippen LogP contribution in [0.1, 0.15) is 10.4 Å². The van der Waals surface area contributed by atoms with E-state index in [9.17, 15) is 5.11 Å². The lowest BCUT2D eigenvalue weighted by Gasteiger charge is -2.19. The monoisotopic (exact) mass is 424 g/mol. The number of ether oxygens (including phenoxy) is 1. The van der Waals surface area contributed by atoms with Gasteiger partial charge in [-0.3, -0.25) is 4.99 Å². The van der Waals surface area contributed by atoms with Gasteiger partial charge in [-0.05, 0) is 54.2 Å². The molecule has 0 radical (unpaired) electrons. The van der Waals surface area contributed by atoms with E-state index in [0.29, 0.717) is 34.7 Å². The molecule has 0 spiro atoms. The number of aromatic hydroxyl groups is 1. The molecule has 1 aromatic carbocycles. The smallest absolute Gasteiger partial charge is 0.186 e. The number of hydrogen-bond donors (Lipinski definition) is 2. The number of benzene rings is 1. The van der Waals surface area contributed by atoms with Gasteiger partial charge in [-0.2, -0.15) is 0 Å². The maximum Gasteiger partial charge on any atom is 0.186 e. The van der Waals surface area contributed by atoms with Crippen LogP contribution in [0.2, 0.25) is 4.34 Å². The molecule has 1 aromatic heterocycles. The number of phenolic OH excluding ortho intramolecular Hbond substituents is 1. The van der Waals surface area contributed by atoms with Crippen molar-refractivity contribution in [3.8, 4) is 23.3 Å². The van der Waals surface area contributed by atoms with Gasteiger partial charge in [0.15, 0.2) is 17.3 Å². The highest BCUT2D eigenvalue weighted by Crippen LogP contribution is 2.26. The van der Waals surface area contributed by atoms with Crippen LogP contribution in [0.3, 0.4) is 0 Å². The van der Waals surface area contributed by atoms with Crippen molar-refractivity contribution in [3.63, 3.8) is 0 Å². The summed E-state index contributed by atoms with van der Waals surface area (Å²) in [6, 6.07) is 9.04. The molecule has 2 aromatic rings. The Labute approximate surface area is 177 Å². The van der Waals surface area contributed by atoms with Crippen molar-refractivity contribution in [2.45, 2.75) is 6.42 Å². The van der Waals surface area contributed by atoms with Gasteiger partial charge in [0.1, 0.15) is 11.7 Å². The molecule has 2 aliphatic heterocycles. The molecule has 3 heterocycles. The number of amidine groups is 3. The Bertz CT molecular complexity index is 1120. The lowest BCUT2D eigenvalue weighted by molar-refractivity contribution is 0.373. The fraction of sp³-hybridized carbons (Fsp3) is 0.190. The number of nitrogens with zero attached hydrogens (tertiary/aromatic N) is 3. The minimum Gasteiger partial charge on any atom is -0.504 e. The molecule has 1 atom stereocenters. The van der Waals surface area contributed by atoms with Crippen LogP contribution in [0.25, 0.3) is 0 Å². The highest BCUT2D eigenvalue weighted by Gasteiger charge is 2.27. The van der Waals surface area contributed by atoms with Crippen molar-refractivity contribution in [1.29, 1.82) is 0 Å². The van der Waals surface area contributed by atoms with Crippen molar-refractivity contribution in [2.24, 2.45) is 20.9 Å². The first kappa shape index (κ1) is 19.2. The van der Waals surface area contributed by atoms with Gasteiger partial charge in [0.05, 0.1) is 22.2 Å². The Hall–Kier alpha value is -3.08. The molecular weight excluding hydrogens is 408 g/mol. The average molecular weight is 425 g/mol. The molecule has 0 saturated heterocycles. The molecule has 6 nitrogen and oxygen atoms in total. The second-order valence-corrected chi connectivity index (χ2v) is 7.98. The van der Waals surface area contributed by atoms with E-state index < -0.39 is 0 Å². The Morgan fingerprint density at radius 1 is 1.31 bits per heavy atom. The minimum atomic E-state index is -0.0824. The number of nitrogens with one attached hydrogen (secondary N) is 1. The zero-order valence-electron chi connectivity index (χ0n) is 15.5. The molecule has 146 valence electrons. The Balaban J connectivity index is 1.51. The van der Waals surface area contributed by atoms with Crippen molar-refractivity contribution < 1.29 is 9.84 Å². The summed E-state index contributed by atoms with van der Waals surface area (Å²) in [5, 5.41) is 13.1. The number of phenols is 1. The molecule has 1 unspecified atom stereocenters. The number of aliphatic imine (C=N–C) groups is 3. The Kier molecular flexibility index (Phi) is 5.65. The second kappa shape index (κ2) is 8.52. The third-order valence-electron chi connectivity index (χ3n) is 4.33. The van der Waals surface area contributed by atoms with Crippen LogP contribution in [0.15, 0.2) is 57.6 Å². The van der Waals surface area contributed by atoms with Crippen molar-refractivity contribution in [3.05, 3.63) is 57.4 Å². The van der Waals surface area contributed by atoms with Crippen molar-refractivity contribution >= 4 is 40.4 Å². The summed E-state index contributed by atoms with van der Waals surface area (Å²) in [5.74, 6) is 8.53. The third-order valence-corrected chi connectivity index (χ3v) is 5.48. The summed E-state index contributed by atoms with van der Waals surface area (Å²) in [4.78, 5) is 14.4. The molecule has 29 heavy (non-hydrogen) atoms. The summed E-state index contributed by atoms with van der Waals surface area (Å²) in [6.45, 7) is 0.531. The van der Waals surface area contributed by atoms with Gasteiger partial charge in [-0.1, -0.05) is 17.7 Å². The maximum absolute atomic E-state index is 9.91. The zero-order chi connectivity index (χ0) is 20.2. The van der Waals surface area contributed by atoms with E-state index in [-0.39, 0.29) is 11.7 Å². The van der Waals surface area contributed by atoms with E-state index in [2.05, 4.69) is 32.1 Å². The van der Waals surface area contributed by atoms with Crippen molar-refractivity contribution in [1.82, 2.24) is 5.32 Å². The lowest BCUT2D eigenvalue weighted by atomic mass is 10.1. The van der Waals surface area contributed by atoms with Crippen LogP contribution in [-0.4, -0.2) is 36.3 Å². The summed E-state index contributed by atoms with van der Waals surface area (Å²) < 4.78 is 5.77. The molecule has 0 bridgehead atoms.